The molecule has 0 aromatic carbocycles. The second-order valence-electron chi connectivity index (χ2n) is 4.50. The molecule has 0 atom stereocenters. The molecule has 86 valence electrons. The van der Waals surface area contributed by atoms with Gasteiger partial charge in [-0.1, -0.05) is 0 Å². The van der Waals surface area contributed by atoms with Gasteiger partial charge in [0.25, 0.3) is 0 Å². The van der Waals surface area contributed by atoms with E-state index in [-0.39, 0.29) is 6.03 Å². The quantitative estimate of drug-likeness (QED) is 0.785. The number of nitrogens with zero attached hydrogens (tertiary/aromatic N) is 1. The predicted molar refractivity (Wildman–Crippen MR) is 64.3 cm³/mol. The number of hydrogen-bond acceptors (Lipinski definition) is 2. The number of piperidine rings is 1. The first-order valence-corrected chi connectivity index (χ1v) is 7.16. The lowest BCUT2D eigenvalue weighted by Crippen LogP contribution is -2.49. The molecular formula is C11H20N2OS. The highest BCUT2D eigenvalue weighted by molar-refractivity contribution is 7.99. The van der Waals surface area contributed by atoms with Gasteiger partial charge in [0.05, 0.1) is 0 Å². The van der Waals surface area contributed by atoms with E-state index >= 15 is 0 Å². The van der Waals surface area contributed by atoms with Crippen LogP contribution in [0.5, 0.6) is 0 Å². The number of hydrogen-bond donors (Lipinski definition) is 1. The van der Waals surface area contributed by atoms with E-state index in [1.165, 1.54) is 19.3 Å². The molecule has 0 unspecified atom stereocenters. The van der Waals surface area contributed by atoms with E-state index in [0.717, 1.165) is 31.2 Å². The van der Waals surface area contributed by atoms with Gasteiger partial charge >= 0.3 is 6.03 Å². The zero-order chi connectivity index (χ0) is 10.7. The van der Waals surface area contributed by atoms with E-state index in [9.17, 15) is 4.79 Å². The van der Waals surface area contributed by atoms with E-state index < -0.39 is 0 Å². The average Bonchev–Trinajstić information content (AvgIpc) is 2.23. The fourth-order valence-electron chi connectivity index (χ4n) is 2.11. The molecule has 1 N–H and O–H groups in total. The van der Waals surface area contributed by atoms with Crippen LogP contribution in [0.25, 0.3) is 0 Å². The molecule has 1 aliphatic carbocycles. The Morgan fingerprint density at radius 3 is 2.40 bits per heavy atom. The number of rotatable bonds is 2. The van der Waals surface area contributed by atoms with Gasteiger partial charge in [0.15, 0.2) is 0 Å². The van der Waals surface area contributed by atoms with E-state index in [2.05, 4.69) is 11.6 Å². The normalized spacial score (nSPS) is 23.7. The molecule has 0 bridgehead atoms. The van der Waals surface area contributed by atoms with E-state index in [4.69, 9.17) is 0 Å². The second-order valence-corrected chi connectivity index (χ2v) is 5.64. The third-order valence-electron chi connectivity index (χ3n) is 3.50. The van der Waals surface area contributed by atoms with E-state index in [0.29, 0.717) is 6.04 Å². The van der Waals surface area contributed by atoms with Gasteiger partial charge in [0.1, 0.15) is 0 Å². The maximum atomic E-state index is 11.8. The van der Waals surface area contributed by atoms with Gasteiger partial charge in [-0.05, 0) is 38.4 Å². The van der Waals surface area contributed by atoms with Crippen molar-refractivity contribution in [3.05, 3.63) is 0 Å². The smallest absolute Gasteiger partial charge is 0.317 e. The Morgan fingerprint density at radius 1 is 1.27 bits per heavy atom. The van der Waals surface area contributed by atoms with Crippen LogP contribution in [-0.2, 0) is 0 Å². The molecule has 1 saturated carbocycles. The Labute approximate surface area is 96.0 Å². The van der Waals surface area contributed by atoms with Crippen LogP contribution in [-0.4, -0.2) is 41.6 Å². The Balaban J connectivity index is 1.71. The van der Waals surface area contributed by atoms with Gasteiger partial charge in [-0.15, -0.1) is 0 Å². The lowest BCUT2D eigenvalue weighted by molar-refractivity contribution is 0.177. The van der Waals surface area contributed by atoms with Crippen LogP contribution in [0.2, 0.25) is 0 Å². The molecule has 3 nitrogen and oxygen atoms in total. The molecule has 2 fully saturated rings. The first kappa shape index (κ1) is 11.1. The van der Waals surface area contributed by atoms with Crippen LogP contribution in [0.4, 0.5) is 4.79 Å². The lowest BCUT2D eigenvalue weighted by Gasteiger charge is -2.34. The summed E-state index contributed by atoms with van der Waals surface area (Å²) in [6, 6.07) is 0.634. The van der Waals surface area contributed by atoms with Crippen molar-refractivity contribution >= 4 is 17.8 Å². The summed E-state index contributed by atoms with van der Waals surface area (Å²) in [5, 5.41) is 3.86. The molecule has 2 amide bonds. The van der Waals surface area contributed by atoms with Gasteiger partial charge in [-0.3, -0.25) is 0 Å². The summed E-state index contributed by atoms with van der Waals surface area (Å²) in [7, 11) is 0. The topological polar surface area (TPSA) is 32.3 Å². The van der Waals surface area contributed by atoms with Crippen molar-refractivity contribution in [2.45, 2.75) is 43.4 Å². The Hall–Kier alpha value is -0.380. The number of amides is 2. The number of thioether (sulfide) groups is 1. The molecule has 2 aliphatic rings. The number of carbonyl (C=O) groups excluding carboxylic acids is 1. The second kappa shape index (κ2) is 5.10. The molecule has 0 spiro atoms. The highest BCUT2D eigenvalue weighted by Crippen LogP contribution is 2.22. The highest BCUT2D eigenvalue weighted by atomic mass is 32.2. The van der Waals surface area contributed by atoms with Gasteiger partial charge in [0.2, 0.25) is 0 Å². The van der Waals surface area contributed by atoms with E-state index in [1.807, 2.05) is 16.7 Å². The maximum absolute atomic E-state index is 11.8. The zero-order valence-corrected chi connectivity index (χ0v) is 10.2. The van der Waals surface area contributed by atoms with Crippen LogP contribution < -0.4 is 5.32 Å². The molecule has 0 aromatic heterocycles. The van der Waals surface area contributed by atoms with Crippen LogP contribution in [0.1, 0.15) is 32.1 Å². The van der Waals surface area contributed by atoms with Gasteiger partial charge in [-0.2, -0.15) is 11.8 Å². The average molecular weight is 228 g/mol. The summed E-state index contributed by atoms with van der Waals surface area (Å²) in [4.78, 5) is 13.8. The largest absolute Gasteiger partial charge is 0.335 e. The van der Waals surface area contributed by atoms with Crippen molar-refractivity contribution in [3.63, 3.8) is 0 Å². The van der Waals surface area contributed by atoms with Gasteiger partial charge in [-0.25, -0.2) is 4.79 Å². The number of nitrogens with one attached hydrogen (secondary N) is 1. The number of urea groups is 1. The minimum atomic E-state index is 0.166. The first-order valence-electron chi connectivity index (χ1n) is 5.88. The summed E-state index contributed by atoms with van der Waals surface area (Å²) >= 11 is 1.93. The Kier molecular flexibility index (Phi) is 3.78. The van der Waals surface area contributed by atoms with Crippen molar-refractivity contribution in [1.82, 2.24) is 10.2 Å². The molecule has 1 aliphatic heterocycles. The monoisotopic (exact) mass is 228 g/mol. The summed E-state index contributed by atoms with van der Waals surface area (Å²) in [6.45, 7) is 1.87. The Morgan fingerprint density at radius 2 is 1.93 bits per heavy atom. The fourth-order valence-corrected chi connectivity index (χ4v) is 2.80. The summed E-state index contributed by atoms with van der Waals surface area (Å²) in [6.07, 6.45) is 8.09. The van der Waals surface area contributed by atoms with Crippen molar-refractivity contribution in [2.75, 3.05) is 19.3 Å². The number of likely N-dealkylation sites (tertiary alicyclic amines) is 1. The molecule has 1 heterocycles. The summed E-state index contributed by atoms with van der Waals surface area (Å²) in [5.74, 6) is 0. The van der Waals surface area contributed by atoms with E-state index in [1.54, 1.807) is 0 Å². The molecule has 1 saturated heterocycles. The van der Waals surface area contributed by atoms with Crippen LogP contribution in [0.15, 0.2) is 0 Å². The minimum Gasteiger partial charge on any atom is -0.335 e. The standard InChI is InChI=1S/C11H20N2OS/c1-15-10-5-7-13(8-6-10)11(14)12-9-3-2-4-9/h9-10H,2-8H2,1H3,(H,12,14). The van der Waals surface area contributed by atoms with Crippen LogP contribution in [0, 0.1) is 0 Å². The van der Waals surface area contributed by atoms with Crippen molar-refractivity contribution < 1.29 is 4.79 Å². The fraction of sp³-hybridized carbons (Fsp3) is 0.909. The summed E-state index contributed by atoms with van der Waals surface area (Å²) < 4.78 is 0. The van der Waals surface area contributed by atoms with Crippen LogP contribution >= 0.6 is 11.8 Å². The third kappa shape index (κ3) is 2.80. The molecule has 4 heteroatoms. The van der Waals surface area contributed by atoms with Gasteiger partial charge in [0, 0.05) is 24.4 Å². The minimum absolute atomic E-state index is 0.166. The molecular weight excluding hydrogens is 208 g/mol. The molecule has 0 aromatic rings. The SMILES string of the molecule is CSC1CCN(C(=O)NC2CCC2)CC1. The summed E-state index contributed by atoms with van der Waals surface area (Å²) in [5.41, 5.74) is 0. The predicted octanol–water partition coefficient (Wildman–Crippen LogP) is 2.08. The zero-order valence-electron chi connectivity index (χ0n) is 9.37. The van der Waals surface area contributed by atoms with Crippen molar-refractivity contribution in [2.24, 2.45) is 0 Å². The maximum Gasteiger partial charge on any atom is 0.317 e. The van der Waals surface area contributed by atoms with Crippen molar-refractivity contribution in [1.29, 1.82) is 0 Å². The van der Waals surface area contributed by atoms with Gasteiger partial charge < -0.3 is 10.2 Å². The molecule has 15 heavy (non-hydrogen) atoms. The molecule has 0 radical (unpaired) electrons. The lowest BCUT2D eigenvalue weighted by atomic mass is 9.93. The first-order chi connectivity index (χ1) is 7.29. The third-order valence-corrected chi connectivity index (χ3v) is 4.63. The number of carbonyl (C=O) groups is 1. The van der Waals surface area contributed by atoms with Crippen LogP contribution in [0.3, 0.4) is 0 Å². The molecule has 2 rings (SSSR count). The highest BCUT2D eigenvalue weighted by Gasteiger charge is 2.25. The van der Waals surface area contributed by atoms with Crippen molar-refractivity contribution in [3.8, 4) is 0 Å². The Bertz CT molecular complexity index is 223.